The first-order valence-corrected chi connectivity index (χ1v) is 8.79. The first-order chi connectivity index (χ1) is 12.1. The standard InChI is InChI=1S/C18H25N5O2/c1-4-7-13-10-15(22-21-13)17(24)19-12(3)18-20-16(23-25-18)14-9-6-5-8-11(14)2/h5-6,8-9,12-13,15,21-22H,4,7,10H2,1-3H3,(H,19,24). The summed E-state index contributed by atoms with van der Waals surface area (Å²) in [7, 11) is 0. The monoisotopic (exact) mass is 343 g/mol. The van der Waals surface area contributed by atoms with Crippen LogP contribution in [0.4, 0.5) is 0 Å². The van der Waals surface area contributed by atoms with Crippen molar-refractivity contribution in [1.29, 1.82) is 0 Å². The summed E-state index contributed by atoms with van der Waals surface area (Å²) >= 11 is 0. The lowest BCUT2D eigenvalue weighted by Crippen LogP contribution is -2.44. The van der Waals surface area contributed by atoms with Crippen molar-refractivity contribution >= 4 is 5.91 Å². The lowest BCUT2D eigenvalue weighted by molar-refractivity contribution is -0.123. The minimum Gasteiger partial charge on any atom is -0.343 e. The number of nitrogens with zero attached hydrogens (tertiary/aromatic N) is 2. The van der Waals surface area contributed by atoms with Gasteiger partial charge in [-0.2, -0.15) is 4.98 Å². The maximum Gasteiger partial charge on any atom is 0.249 e. The van der Waals surface area contributed by atoms with Crippen LogP contribution < -0.4 is 16.2 Å². The Morgan fingerprint density at radius 1 is 1.40 bits per heavy atom. The Balaban J connectivity index is 1.61. The molecule has 0 radical (unpaired) electrons. The predicted octanol–water partition coefficient (Wildman–Crippen LogP) is 2.26. The zero-order valence-corrected chi connectivity index (χ0v) is 14.9. The van der Waals surface area contributed by atoms with Crippen LogP contribution in [0.5, 0.6) is 0 Å². The van der Waals surface area contributed by atoms with Gasteiger partial charge in [0.05, 0.1) is 0 Å². The van der Waals surface area contributed by atoms with E-state index < -0.39 is 0 Å². The van der Waals surface area contributed by atoms with Crippen molar-refractivity contribution in [3.05, 3.63) is 35.7 Å². The highest BCUT2D eigenvalue weighted by atomic mass is 16.5. The maximum atomic E-state index is 12.4. The predicted molar refractivity (Wildman–Crippen MR) is 94.4 cm³/mol. The molecule has 3 N–H and O–H groups in total. The minimum atomic E-state index is -0.343. The maximum absolute atomic E-state index is 12.4. The molecule has 0 saturated carbocycles. The van der Waals surface area contributed by atoms with E-state index in [9.17, 15) is 4.79 Å². The molecule has 2 aromatic rings. The number of nitrogens with one attached hydrogen (secondary N) is 3. The molecule has 3 unspecified atom stereocenters. The third-order valence-corrected chi connectivity index (χ3v) is 4.49. The molecule has 1 aromatic carbocycles. The van der Waals surface area contributed by atoms with Crippen LogP contribution >= 0.6 is 0 Å². The van der Waals surface area contributed by atoms with Crippen LogP contribution in [-0.2, 0) is 4.79 Å². The first-order valence-electron chi connectivity index (χ1n) is 8.79. The van der Waals surface area contributed by atoms with E-state index in [1.54, 1.807) is 0 Å². The number of hydrazine groups is 1. The highest BCUT2D eigenvalue weighted by Crippen LogP contribution is 2.22. The Hall–Kier alpha value is -2.25. The van der Waals surface area contributed by atoms with Gasteiger partial charge >= 0.3 is 0 Å². The molecular formula is C18H25N5O2. The van der Waals surface area contributed by atoms with Gasteiger partial charge in [0.1, 0.15) is 12.1 Å². The van der Waals surface area contributed by atoms with Crippen LogP contribution in [0.3, 0.4) is 0 Å². The second-order valence-electron chi connectivity index (χ2n) is 6.56. The van der Waals surface area contributed by atoms with E-state index in [4.69, 9.17) is 4.52 Å². The molecule has 25 heavy (non-hydrogen) atoms. The molecule has 2 heterocycles. The van der Waals surface area contributed by atoms with Crippen molar-refractivity contribution in [3.63, 3.8) is 0 Å². The Kier molecular flexibility index (Phi) is 5.45. The van der Waals surface area contributed by atoms with Crippen molar-refractivity contribution in [2.45, 2.75) is 58.2 Å². The van der Waals surface area contributed by atoms with Crippen LogP contribution in [0.25, 0.3) is 11.4 Å². The zero-order valence-electron chi connectivity index (χ0n) is 14.9. The number of amides is 1. The molecule has 1 aromatic heterocycles. The molecule has 1 fully saturated rings. The molecule has 0 spiro atoms. The molecule has 1 aliphatic heterocycles. The Morgan fingerprint density at radius 2 is 2.20 bits per heavy atom. The highest BCUT2D eigenvalue weighted by Gasteiger charge is 2.30. The van der Waals surface area contributed by atoms with Crippen molar-refractivity contribution in [1.82, 2.24) is 26.3 Å². The number of hydrogen-bond donors (Lipinski definition) is 3. The molecular weight excluding hydrogens is 318 g/mol. The van der Waals surface area contributed by atoms with E-state index in [2.05, 4.69) is 33.2 Å². The number of aryl methyl sites for hydroxylation is 1. The summed E-state index contributed by atoms with van der Waals surface area (Å²) in [6.07, 6.45) is 2.92. The van der Waals surface area contributed by atoms with Gasteiger partial charge in [-0.1, -0.05) is 42.8 Å². The van der Waals surface area contributed by atoms with E-state index in [0.29, 0.717) is 17.8 Å². The van der Waals surface area contributed by atoms with Gasteiger partial charge in [-0.05, 0) is 32.3 Å². The summed E-state index contributed by atoms with van der Waals surface area (Å²) in [5.74, 6) is 0.884. The summed E-state index contributed by atoms with van der Waals surface area (Å²) in [5.41, 5.74) is 8.24. The lowest BCUT2D eigenvalue weighted by atomic mass is 10.1. The Morgan fingerprint density at radius 3 is 2.96 bits per heavy atom. The summed E-state index contributed by atoms with van der Waals surface area (Å²) in [5, 5.41) is 6.99. The largest absolute Gasteiger partial charge is 0.343 e. The van der Waals surface area contributed by atoms with Crippen molar-refractivity contribution in [3.8, 4) is 11.4 Å². The van der Waals surface area contributed by atoms with E-state index in [1.165, 1.54) is 0 Å². The number of carbonyl (C=O) groups is 1. The number of hydrogen-bond acceptors (Lipinski definition) is 6. The zero-order chi connectivity index (χ0) is 17.8. The summed E-state index contributed by atoms with van der Waals surface area (Å²) in [4.78, 5) is 16.8. The summed E-state index contributed by atoms with van der Waals surface area (Å²) in [6, 6.07) is 7.62. The second kappa shape index (κ2) is 7.76. The molecule has 134 valence electrons. The third-order valence-electron chi connectivity index (χ3n) is 4.49. The van der Waals surface area contributed by atoms with Crippen molar-refractivity contribution in [2.75, 3.05) is 0 Å². The van der Waals surface area contributed by atoms with Gasteiger partial charge in [-0.15, -0.1) is 0 Å². The van der Waals surface area contributed by atoms with Gasteiger partial charge in [-0.3, -0.25) is 10.2 Å². The van der Waals surface area contributed by atoms with E-state index in [0.717, 1.165) is 30.4 Å². The molecule has 1 aliphatic rings. The van der Waals surface area contributed by atoms with Crippen LogP contribution in [0, 0.1) is 6.92 Å². The molecule has 1 saturated heterocycles. The fraction of sp³-hybridized carbons (Fsp3) is 0.500. The number of aromatic nitrogens is 2. The summed E-state index contributed by atoms with van der Waals surface area (Å²) in [6.45, 7) is 5.99. The third kappa shape index (κ3) is 4.05. The van der Waals surface area contributed by atoms with Gasteiger partial charge in [0.25, 0.3) is 0 Å². The van der Waals surface area contributed by atoms with Crippen molar-refractivity contribution < 1.29 is 9.32 Å². The fourth-order valence-electron chi connectivity index (χ4n) is 3.05. The first kappa shape index (κ1) is 17.6. The number of carbonyl (C=O) groups excluding carboxylic acids is 1. The highest BCUT2D eigenvalue weighted by molar-refractivity contribution is 5.82. The fourth-order valence-corrected chi connectivity index (χ4v) is 3.05. The van der Waals surface area contributed by atoms with E-state index in [1.807, 2.05) is 38.1 Å². The van der Waals surface area contributed by atoms with Crippen LogP contribution in [0.15, 0.2) is 28.8 Å². The molecule has 3 rings (SSSR count). The van der Waals surface area contributed by atoms with Gasteiger partial charge < -0.3 is 9.84 Å². The van der Waals surface area contributed by atoms with E-state index in [-0.39, 0.29) is 18.0 Å². The number of benzene rings is 1. The van der Waals surface area contributed by atoms with Crippen LogP contribution in [0.1, 0.15) is 50.6 Å². The molecule has 7 heteroatoms. The second-order valence-corrected chi connectivity index (χ2v) is 6.56. The average Bonchev–Trinajstić information content (AvgIpc) is 3.25. The van der Waals surface area contributed by atoms with Crippen LogP contribution in [-0.4, -0.2) is 28.1 Å². The van der Waals surface area contributed by atoms with Gasteiger partial charge in [0.15, 0.2) is 0 Å². The average molecular weight is 343 g/mol. The van der Waals surface area contributed by atoms with Gasteiger partial charge in [0, 0.05) is 11.6 Å². The van der Waals surface area contributed by atoms with Crippen LogP contribution in [0.2, 0.25) is 0 Å². The minimum absolute atomic E-state index is 0.0609. The number of rotatable bonds is 6. The molecule has 0 aliphatic carbocycles. The van der Waals surface area contributed by atoms with Gasteiger partial charge in [-0.25, -0.2) is 5.43 Å². The molecule has 1 amide bonds. The van der Waals surface area contributed by atoms with E-state index >= 15 is 0 Å². The molecule has 3 atom stereocenters. The van der Waals surface area contributed by atoms with Crippen molar-refractivity contribution in [2.24, 2.45) is 0 Å². The molecule has 7 nitrogen and oxygen atoms in total. The SMILES string of the molecule is CCCC1CC(C(=O)NC(C)c2nc(-c3ccccc3C)no2)NN1. The lowest BCUT2D eigenvalue weighted by Gasteiger charge is -2.13. The topological polar surface area (TPSA) is 92.1 Å². The Labute approximate surface area is 147 Å². The molecule has 0 bridgehead atoms. The van der Waals surface area contributed by atoms with Gasteiger partial charge in [0.2, 0.25) is 17.6 Å². The smallest absolute Gasteiger partial charge is 0.249 e. The quantitative estimate of drug-likeness (QED) is 0.745. The normalized spacial score (nSPS) is 21.2. The summed E-state index contributed by atoms with van der Waals surface area (Å²) < 4.78 is 5.35. The Bertz CT molecular complexity index is 730.